The molecule has 5 rings (SSSR count). The molecule has 0 fully saturated rings. The van der Waals surface area contributed by atoms with E-state index >= 15 is 0 Å². The third-order valence-electron chi connectivity index (χ3n) is 6.51. The molecule has 0 spiro atoms. The molecule has 0 atom stereocenters. The van der Waals surface area contributed by atoms with E-state index in [0.29, 0.717) is 0 Å². The minimum Gasteiger partial charge on any atom is -0.399 e. The number of fused-ring (bicyclic) bond motifs is 2. The van der Waals surface area contributed by atoms with Gasteiger partial charge in [-0.3, -0.25) is 0 Å². The Labute approximate surface area is 172 Å². The minimum atomic E-state index is 0.866. The molecule has 0 amide bonds. The zero-order valence-corrected chi connectivity index (χ0v) is 17.3. The molecule has 2 N–H and O–H groups in total. The van der Waals surface area contributed by atoms with Crippen molar-refractivity contribution in [3.63, 3.8) is 0 Å². The van der Waals surface area contributed by atoms with E-state index in [-0.39, 0.29) is 0 Å². The summed E-state index contributed by atoms with van der Waals surface area (Å²) >= 11 is 0. The second kappa shape index (κ2) is 7.55. The Morgan fingerprint density at radius 1 is 0.621 bits per heavy atom. The molecule has 0 heterocycles. The second-order valence-electron chi connectivity index (χ2n) is 8.49. The Hall–Kier alpha value is -2.80. The molecule has 146 valence electrons. The van der Waals surface area contributed by atoms with E-state index in [0.717, 1.165) is 12.1 Å². The summed E-state index contributed by atoms with van der Waals surface area (Å²) in [4.78, 5) is 0. The number of hydrogen-bond donors (Lipinski definition) is 1. The molecular formula is C28H29N. The van der Waals surface area contributed by atoms with Crippen LogP contribution in [-0.2, 0) is 6.42 Å². The first-order valence-electron chi connectivity index (χ1n) is 11.2. The van der Waals surface area contributed by atoms with Gasteiger partial charge in [0.15, 0.2) is 0 Å². The lowest BCUT2D eigenvalue weighted by atomic mass is 9.87. The van der Waals surface area contributed by atoms with Gasteiger partial charge in [-0.2, -0.15) is 0 Å². The van der Waals surface area contributed by atoms with Gasteiger partial charge in [0, 0.05) is 5.69 Å². The Kier molecular flexibility index (Phi) is 4.75. The Bertz CT molecular complexity index is 1290. The van der Waals surface area contributed by atoms with Crippen molar-refractivity contribution in [2.45, 2.75) is 51.9 Å². The van der Waals surface area contributed by atoms with E-state index in [2.05, 4.69) is 67.6 Å². The maximum atomic E-state index is 6.40. The third-order valence-corrected chi connectivity index (χ3v) is 6.51. The van der Waals surface area contributed by atoms with Gasteiger partial charge in [0.25, 0.3) is 0 Å². The summed E-state index contributed by atoms with van der Waals surface area (Å²) in [5.74, 6) is 0. The number of anilines is 1. The lowest BCUT2D eigenvalue weighted by Crippen LogP contribution is -1.94. The van der Waals surface area contributed by atoms with E-state index in [9.17, 15) is 0 Å². The first-order chi connectivity index (χ1) is 14.3. The molecule has 5 aromatic carbocycles. The van der Waals surface area contributed by atoms with Crippen molar-refractivity contribution < 1.29 is 0 Å². The van der Waals surface area contributed by atoms with Crippen molar-refractivity contribution in [3.05, 3.63) is 66.2 Å². The molecule has 0 radical (unpaired) electrons. The van der Waals surface area contributed by atoms with Crippen LogP contribution in [0.5, 0.6) is 0 Å². The topological polar surface area (TPSA) is 26.0 Å². The average molecular weight is 380 g/mol. The van der Waals surface area contributed by atoms with Crippen molar-refractivity contribution >= 4 is 48.8 Å². The summed E-state index contributed by atoms with van der Waals surface area (Å²) in [5, 5.41) is 10.7. The molecular weight excluding hydrogens is 350 g/mol. The van der Waals surface area contributed by atoms with E-state index in [1.807, 2.05) is 0 Å². The van der Waals surface area contributed by atoms with Crippen LogP contribution in [-0.4, -0.2) is 0 Å². The van der Waals surface area contributed by atoms with Crippen molar-refractivity contribution in [2.75, 3.05) is 5.73 Å². The fourth-order valence-electron chi connectivity index (χ4n) is 5.11. The molecule has 0 aliphatic rings. The molecule has 0 aromatic heterocycles. The normalized spacial score (nSPS) is 12.0. The molecule has 0 unspecified atom stereocenters. The number of aryl methyl sites for hydroxylation is 1. The summed E-state index contributed by atoms with van der Waals surface area (Å²) in [6.07, 6.45) is 9.11. The van der Waals surface area contributed by atoms with Gasteiger partial charge in [0.1, 0.15) is 0 Å². The predicted octanol–water partition coefficient (Wildman–Crippen LogP) is 8.22. The summed E-state index contributed by atoms with van der Waals surface area (Å²) in [6.45, 7) is 2.28. The fourth-order valence-corrected chi connectivity index (χ4v) is 5.11. The highest BCUT2D eigenvalue weighted by molar-refractivity contribution is 6.33. The number of nitrogen functional groups attached to an aromatic ring is 1. The number of hydrogen-bond acceptors (Lipinski definition) is 1. The van der Waals surface area contributed by atoms with E-state index in [1.54, 1.807) is 0 Å². The van der Waals surface area contributed by atoms with Crippen molar-refractivity contribution in [1.82, 2.24) is 0 Å². The summed E-state index contributed by atoms with van der Waals surface area (Å²) in [5.41, 5.74) is 8.71. The molecule has 1 heteroatoms. The van der Waals surface area contributed by atoms with Gasteiger partial charge in [0.2, 0.25) is 0 Å². The van der Waals surface area contributed by atoms with Gasteiger partial charge < -0.3 is 5.73 Å². The number of nitrogens with two attached hydrogens (primary N) is 1. The van der Waals surface area contributed by atoms with Crippen LogP contribution in [0.2, 0.25) is 0 Å². The zero-order valence-electron chi connectivity index (χ0n) is 17.3. The fraction of sp³-hybridized carbons (Fsp3) is 0.286. The molecule has 0 aliphatic heterocycles. The van der Waals surface area contributed by atoms with E-state index in [4.69, 9.17) is 5.73 Å². The van der Waals surface area contributed by atoms with Gasteiger partial charge in [0.05, 0.1) is 0 Å². The number of rotatable bonds is 7. The van der Waals surface area contributed by atoms with Gasteiger partial charge in [-0.25, -0.2) is 0 Å². The third kappa shape index (κ3) is 3.09. The molecule has 1 nitrogen and oxygen atoms in total. The van der Waals surface area contributed by atoms with Crippen LogP contribution in [0.1, 0.15) is 51.0 Å². The SMILES string of the molecule is CCCCCCCCc1ccc2c3cccc4cccc(c5cc(N)cc1c25)c43. The summed E-state index contributed by atoms with van der Waals surface area (Å²) in [6, 6.07) is 22.4. The van der Waals surface area contributed by atoms with Crippen LogP contribution < -0.4 is 5.73 Å². The molecule has 5 aromatic rings. The number of unbranched alkanes of at least 4 members (excludes halogenated alkanes) is 5. The monoisotopic (exact) mass is 379 g/mol. The van der Waals surface area contributed by atoms with Crippen LogP contribution in [0.25, 0.3) is 43.1 Å². The smallest absolute Gasteiger partial charge is 0.0326 e. The largest absolute Gasteiger partial charge is 0.399 e. The van der Waals surface area contributed by atoms with Crippen molar-refractivity contribution in [3.8, 4) is 0 Å². The minimum absolute atomic E-state index is 0.866. The molecule has 0 saturated heterocycles. The van der Waals surface area contributed by atoms with E-state index < -0.39 is 0 Å². The van der Waals surface area contributed by atoms with Gasteiger partial charge in [-0.15, -0.1) is 0 Å². The Balaban J connectivity index is 1.67. The quantitative estimate of drug-likeness (QED) is 0.131. The van der Waals surface area contributed by atoms with Crippen LogP contribution in [0.4, 0.5) is 5.69 Å². The lowest BCUT2D eigenvalue weighted by Gasteiger charge is -2.17. The molecule has 0 saturated carbocycles. The van der Waals surface area contributed by atoms with Gasteiger partial charge in [-0.1, -0.05) is 87.6 Å². The van der Waals surface area contributed by atoms with Gasteiger partial charge in [-0.05, 0) is 73.6 Å². The zero-order chi connectivity index (χ0) is 19.8. The standard InChI is InChI=1S/C28H29N/c1-2-3-4-5-6-7-10-19-15-16-24-22-13-8-11-20-12-9-14-23(27(20)22)26-18-21(29)17-25(19)28(24)26/h8-9,11-18H,2-7,10,29H2,1H3. The maximum Gasteiger partial charge on any atom is 0.0326 e. The van der Waals surface area contributed by atoms with Crippen molar-refractivity contribution in [1.29, 1.82) is 0 Å². The maximum absolute atomic E-state index is 6.40. The van der Waals surface area contributed by atoms with Gasteiger partial charge >= 0.3 is 0 Å². The predicted molar refractivity (Wildman–Crippen MR) is 129 cm³/mol. The van der Waals surface area contributed by atoms with Crippen molar-refractivity contribution in [2.24, 2.45) is 0 Å². The molecule has 29 heavy (non-hydrogen) atoms. The van der Waals surface area contributed by atoms with E-state index in [1.165, 1.54) is 87.2 Å². The Morgan fingerprint density at radius 3 is 2.07 bits per heavy atom. The average Bonchev–Trinajstić information content (AvgIpc) is 2.74. The second-order valence-corrected chi connectivity index (χ2v) is 8.49. The first-order valence-corrected chi connectivity index (χ1v) is 11.2. The first kappa shape index (κ1) is 18.2. The van der Waals surface area contributed by atoms with Crippen LogP contribution in [0, 0.1) is 0 Å². The highest BCUT2D eigenvalue weighted by Gasteiger charge is 2.15. The van der Waals surface area contributed by atoms with Crippen LogP contribution in [0.15, 0.2) is 60.7 Å². The number of benzene rings is 5. The lowest BCUT2D eigenvalue weighted by molar-refractivity contribution is 0.608. The van der Waals surface area contributed by atoms with Crippen LogP contribution in [0.3, 0.4) is 0 Å². The summed E-state index contributed by atoms with van der Waals surface area (Å²) in [7, 11) is 0. The summed E-state index contributed by atoms with van der Waals surface area (Å²) < 4.78 is 0. The highest BCUT2D eigenvalue weighted by Crippen LogP contribution is 2.42. The Morgan fingerprint density at radius 2 is 1.28 bits per heavy atom. The highest BCUT2D eigenvalue weighted by atomic mass is 14.5. The van der Waals surface area contributed by atoms with Crippen LogP contribution >= 0.6 is 0 Å². The molecule has 0 bridgehead atoms. The molecule has 0 aliphatic carbocycles.